The Hall–Kier alpha value is -2.26. The van der Waals surface area contributed by atoms with Gasteiger partial charge in [-0.3, -0.25) is 4.90 Å². The van der Waals surface area contributed by atoms with Crippen LogP contribution in [0.1, 0.15) is 18.4 Å². The van der Waals surface area contributed by atoms with Crippen molar-refractivity contribution in [2.24, 2.45) is 5.92 Å². The van der Waals surface area contributed by atoms with E-state index >= 15 is 0 Å². The van der Waals surface area contributed by atoms with E-state index in [1.807, 2.05) is 6.20 Å². The number of nitrogens with zero attached hydrogens (tertiary/aromatic N) is 1. The van der Waals surface area contributed by atoms with Crippen LogP contribution in [0.5, 0.6) is 5.75 Å². The quantitative estimate of drug-likeness (QED) is 0.723. The molecule has 3 fully saturated rings. The van der Waals surface area contributed by atoms with Crippen molar-refractivity contribution >= 4 is 10.9 Å². The van der Waals surface area contributed by atoms with E-state index in [2.05, 4.69) is 52.3 Å². The number of aromatic amines is 1. The second-order valence-electron chi connectivity index (χ2n) is 8.00. The molecule has 0 amide bonds. The van der Waals surface area contributed by atoms with Gasteiger partial charge in [0.1, 0.15) is 11.4 Å². The van der Waals surface area contributed by atoms with Gasteiger partial charge in [-0.1, -0.05) is 12.1 Å². The third-order valence-corrected chi connectivity index (χ3v) is 6.57. The summed E-state index contributed by atoms with van der Waals surface area (Å²) < 4.78 is 6.57. The van der Waals surface area contributed by atoms with Crippen LogP contribution in [0, 0.1) is 5.92 Å². The van der Waals surface area contributed by atoms with E-state index in [1.165, 1.54) is 53.5 Å². The Morgan fingerprint density at radius 3 is 2.68 bits per heavy atom. The van der Waals surface area contributed by atoms with Gasteiger partial charge in [0.25, 0.3) is 0 Å². The van der Waals surface area contributed by atoms with Crippen LogP contribution in [0.2, 0.25) is 0 Å². The SMILES string of the molecule is c1cc2cc(-c3ccc4c(c3)CC3(CN5CCC3CC5)O4)ccc2[nH]1. The third-order valence-electron chi connectivity index (χ3n) is 6.57. The Balaban J connectivity index is 1.37. The van der Waals surface area contributed by atoms with Crippen LogP contribution in [0.4, 0.5) is 0 Å². The van der Waals surface area contributed by atoms with Crippen molar-refractivity contribution in [1.29, 1.82) is 0 Å². The fourth-order valence-electron chi connectivity index (χ4n) is 5.25. The predicted octanol–water partition coefficient (Wildman–Crippen LogP) is 4.23. The van der Waals surface area contributed by atoms with E-state index in [0.717, 1.165) is 24.6 Å². The number of ether oxygens (including phenoxy) is 1. The fraction of sp³-hybridized carbons (Fsp3) is 0.364. The zero-order valence-corrected chi connectivity index (χ0v) is 14.3. The first-order chi connectivity index (χ1) is 12.3. The summed E-state index contributed by atoms with van der Waals surface area (Å²) >= 11 is 0. The molecular weight excluding hydrogens is 308 g/mol. The molecule has 1 aromatic heterocycles. The second kappa shape index (κ2) is 4.89. The topological polar surface area (TPSA) is 28.3 Å². The summed E-state index contributed by atoms with van der Waals surface area (Å²) in [5.41, 5.74) is 5.20. The molecule has 0 aliphatic carbocycles. The maximum Gasteiger partial charge on any atom is 0.129 e. The van der Waals surface area contributed by atoms with Crippen molar-refractivity contribution in [3.8, 4) is 16.9 Å². The van der Waals surface area contributed by atoms with Crippen molar-refractivity contribution in [3.63, 3.8) is 0 Å². The molecule has 3 saturated heterocycles. The molecule has 7 rings (SSSR count). The lowest BCUT2D eigenvalue weighted by atomic mass is 9.73. The summed E-state index contributed by atoms with van der Waals surface area (Å²) in [6.45, 7) is 3.62. The van der Waals surface area contributed by atoms with Crippen LogP contribution < -0.4 is 4.74 Å². The minimum Gasteiger partial charge on any atom is -0.485 e. The molecule has 126 valence electrons. The highest BCUT2D eigenvalue weighted by molar-refractivity contribution is 5.85. The molecular formula is C22H22N2O. The molecule has 0 saturated carbocycles. The number of piperidine rings is 3. The Labute approximate surface area is 147 Å². The van der Waals surface area contributed by atoms with Crippen molar-refractivity contribution in [2.45, 2.75) is 24.9 Å². The molecule has 3 heteroatoms. The van der Waals surface area contributed by atoms with E-state index in [9.17, 15) is 0 Å². The van der Waals surface area contributed by atoms with Gasteiger partial charge >= 0.3 is 0 Å². The summed E-state index contributed by atoms with van der Waals surface area (Å²) in [6, 6.07) is 15.6. The number of H-pyrrole nitrogens is 1. The third kappa shape index (κ3) is 2.02. The van der Waals surface area contributed by atoms with Crippen LogP contribution >= 0.6 is 0 Å². The smallest absolute Gasteiger partial charge is 0.129 e. The lowest BCUT2D eigenvalue weighted by Gasteiger charge is -2.50. The molecule has 2 bridgehead atoms. The van der Waals surface area contributed by atoms with E-state index in [4.69, 9.17) is 4.74 Å². The van der Waals surface area contributed by atoms with Crippen LogP contribution in [0.15, 0.2) is 48.7 Å². The van der Waals surface area contributed by atoms with Crippen molar-refractivity contribution in [2.75, 3.05) is 19.6 Å². The molecule has 25 heavy (non-hydrogen) atoms. The van der Waals surface area contributed by atoms with Gasteiger partial charge in [0, 0.05) is 30.6 Å². The molecule has 1 atom stereocenters. The molecule has 1 unspecified atom stereocenters. The molecule has 1 N–H and O–H groups in total. The van der Waals surface area contributed by atoms with Crippen LogP contribution in [0.25, 0.3) is 22.0 Å². The van der Waals surface area contributed by atoms with Crippen molar-refractivity contribution in [1.82, 2.24) is 9.88 Å². The van der Waals surface area contributed by atoms with Gasteiger partial charge < -0.3 is 9.72 Å². The Morgan fingerprint density at radius 2 is 1.84 bits per heavy atom. The van der Waals surface area contributed by atoms with Gasteiger partial charge in [0.15, 0.2) is 0 Å². The van der Waals surface area contributed by atoms with Gasteiger partial charge in [0.2, 0.25) is 0 Å². The number of aromatic nitrogens is 1. The molecule has 4 aliphatic heterocycles. The molecule has 5 heterocycles. The van der Waals surface area contributed by atoms with E-state index < -0.39 is 0 Å². The summed E-state index contributed by atoms with van der Waals surface area (Å²) in [4.78, 5) is 5.86. The van der Waals surface area contributed by atoms with Gasteiger partial charge in [-0.2, -0.15) is 0 Å². The number of rotatable bonds is 1. The normalized spacial score (nSPS) is 29.9. The second-order valence-corrected chi connectivity index (χ2v) is 8.00. The zero-order chi connectivity index (χ0) is 16.4. The molecule has 1 spiro atoms. The molecule has 4 aliphatic rings. The lowest BCUT2D eigenvalue weighted by molar-refractivity contribution is -0.0798. The first-order valence-electron chi connectivity index (χ1n) is 9.41. The molecule has 3 nitrogen and oxygen atoms in total. The van der Waals surface area contributed by atoms with Gasteiger partial charge in [0.05, 0.1) is 0 Å². The van der Waals surface area contributed by atoms with Gasteiger partial charge in [-0.05, 0) is 78.3 Å². The number of benzene rings is 2. The first kappa shape index (κ1) is 14.0. The Morgan fingerprint density at radius 1 is 1.00 bits per heavy atom. The number of fused-ring (bicyclic) bond motifs is 4. The maximum atomic E-state index is 6.57. The minimum absolute atomic E-state index is 0.0437. The van der Waals surface area contributed by atoms with Crippen molar-refractivity contribution < 1.29 is 4.74 Å². The zero-order valence-electron chi connectivity index (χ0n) is 14.3. The highest BCUT2D eigenvalue weighted by Gasteiger charge is 2.51. The maximum absolute atomic E-state index is 6.57. The monoisotopic (exact) mass is 330 g/mol. The van der Waals surface area contributed by atoms with Crippen LogP contribution in [-0.2, 0) is 6.42 Å². The van der Waals surface area contributed by atoms with Gasteiger partial charge in [-0.15, -0.1) is 0 Å². The van der Waals surface area contributed by atoms with Crippen molar-refractivity contribution in [3.05, 3.63) is 54.2 Å². The highest BCUT2D eigenvalue weighted by Crippen LogP contribution is 2.47. The molecule has 2 aromatic carbocycles. The summed E-state index contributed by atoms with van der Waals surface area (Å²) in [6.07, 6.45) is 5.67. The lowest BCUT2D eigenvalue weighted by Crippen LogP contribution is -2.61. The average molecular weight is 330 g/mol. The largest absolute Gasteiger partial charge is 0.485 e. The van der Waals surface area contributed by atoms with E-state index in [1.54, 1.807) is 0 Å². The number of nitrogens with one attached hydrogen (secondary N) is 1. The Bertz CT molecular complexity index is 967. The molecule has 3 aromatic rings. The van der Waals surface area contributed by atoms with E-state index in [0.29, 0.717) is 0 Å². The minimum atomic E-state index is 0.0437. The average Bonchev–Trinajstić information content (AvgIpc) is 3.25. The summed E-state index contributed by atoms with van der Waals surface area (Å²) in [5.74, 6) is 1.84. The number of hydrogen-bond donors (Lipinski definition) is 1. The van der Waals surface area contributed by atoms with Crippen LogP contribution in [-0.4, -0.2) is 35.1 Å². The molecule has 0 radical (unpaired) electrons. The Kier molecular flexibility index (Phi) is 2.73. The van der Waals surface area contributed by atoms with Crippen LogP contribution in [0.3, 0.4) is 0 Å². The standard InChI is InChI=1S/C22H22N2O/c1-3-20-17(5-8-23-20)11-15(1)16-2-4-21-18(12-16)13-22(25-21)14-24-9-6-19(22)7-10-24/h1-5,8,11-12,19,23H,6-7,9-10,13-14H2. The summed E-state index contributed by atoms with van der Waals surface area (Å²) in [5, 5.41) is 1.27. The number of hydrogen-bond acceptors (Lipinski definition) is 2. The fourth-order valence-corrected chi connectivity index (χ4v) is 5.25. The summed E-state index contributed by atoms with van der Waals surface area (Å²) in [7, 11) is 0. The first-order valence-corrected chi connectivity index (χ1v) is 9.41. The highest BCUT2D eigenvalue weighted by atomic mass is 16.5. The predicted molar refractivity (Wildman–Crippen MR) is 100.0 cm³/mol. The van der Waals surface area contributed by atoms with Gasteiger partial charge in [-0.25, -0.2) is 0 Å². The van der Waals surface area contributed by atoms with E-state index in [-0.39, 0.29) is 5.60 Å².